The lowest BCUT2D eigenvalue weighted by Crippen LogP contribution is -2.11. The van der Waals surface area contributed by atoms with Gasteiger partial charge in [-0.3, -0.25) is 0 Å². The summed E-state index contributed by atoms with van der Waals surface area (Å²) in [6, 6.07) is 15.4. The zero-order valence-electron chi connectivity index (χ0n) is 16.0. The fraction of sp³-hybridized carbons (Fsp3) is 0.143. The summed E-state index contributed by atoms with van der Waals surface area (Å²) in [4.78, 5) is 13.8. The van der Waals surface area contributed by atoms with E-state index in [-0.39, 0.29) is 16.9 Å². The summed E-state index contributed by atoms with van der Waals surface area (Å²) in [6.45, 7) is 2.10. The van der Waals surface area contributed by atoms with Gasteiger partial charge < -0.3 is 15.0 Å². The number of hydrogen-bond acceptors (Lipinski definition) is 6. The minimum atomic E-state index is -0.622. The van der Waals surface area contributed by atoms with E-state index in [0.717, 1.165) is 12.1 Å². The number of methoxy groups -OCH3 is 1. The maximum Gasteiger partial charge on any atom is 0.357 e. The lowest BCUT2D eigenvalue weighted by molar-refractivity contribution is 0.0593. The molecule has 0 atom stereocenters. The number of nitriles is 1. The normalized spacial score (nSPS) is 10.8. The summed E-state index contributed by atoms with van der Waals surface area (Å²) in [5.74, 6) is -0.622. The molecule has 0 aliphatic rings. The maximum atomic E-state index is 12.2. The fourth-order valence-corrected chi connectivity index (χ4v) is 3.15. The van der Waals surface area contributed by atoms with Gasteiger partial charge in [0, 0.05) is 11.9 Å². The Morgan fingerprint density at radius 2 is 1.83 bits per heavy atom. The number of aryl methyl sites for hydroxylation is 1. The van der Waals surface area contributed by atoms with Crippen molar-refractivity contribution < 1.29 is 9.53 Å². The van der Waals surface area contributed by atoms with Crippen molar-refractivity contribution in [1.29, 1.82) is 5.26 Å². The minimum absolute atomic E-state index is 0.0825. The summed E-state index contributed by atoms with van der Waals surface area (Å²) in [6.07, 6.45) is 2.47. The van der Waals surface area contributed by atoms with Gasteiger partial charge in [-0.2, -0.15) is 10.1 Å². The highest BCUT2D eigenvalue weighted by Gasteiger charge is 2.22. The highest BCUT2D eigenvalue weighted by molar-refractivity contribution is 5.96. The molecule has 0 amide bonds. The number of hydrogen-bond donors (Lipinski definition) is 1. The van der Waals surface area contributed by atoms with Crippen LogP contribution in [0.3, 0.4) is 0 Å². The number of nitrogen functional groups attached to an aromatic ring is 1. The Morgan fingerprint density at radius 3 is 2.48 bits per heavy atom. The second kappa shape index (κ2) is 7.13. The second-order valence-corrected chi connectivity index (χ2v) is 6.46. The van der Waals surface area contributed by atoms with Crippen LogP contribution in [-0.4, -0.2) is 32.6 Å². The van der Waals surface area contributed by atoms with Gasteiger partial charge in [0.05, 0.1) is 24.0 Å². The highest BCUT2D eigenvalue weighted by atomic mass is 16.5. The number of carbonyl (C=O) groups is 1. The Kier molecular flexibility index (Phi) is 4.49. The lowest BCUT2D eigenvalue weighted by Gasteiger charge is -2.08. The van der Waals surface area contributed by atoms with E-state index >= 15 is 0 Å². The first-order chi connectivity index (χ1) is 14.0. The molecule has 0 saturated carbocycles. The van der Waals surface area contributed by atoms with Crippen molar-refractivity contribution >= 4 is 22.7 Å². The zero-order valence-corrected chi connectivity index (χ0v) is 16.0. The number of benzene rings is 2. The summed E-state index contributed by atoms with van der Waals surface area (Å²) >= 11 is 0. The third kappa shape index (κ3) is 3.08. The maximum absolute atomic E-state index is 12.2. The first kappa shape index (κ1) is 18.3. The molecule has 2 aromatic heterocycles. The molecule has 2 N–H and O–H groups in total. The molecule has 144 valence electrons. The van der Waals surface area contributed by atoms with Crippen LogP contribution in [0.15, 0.2) is 48.7 Å². The minimum Gasteiger partial charge on any atom is -0.464 e. The van der Waals surface area contributed by atoms with Crippen LogP contribution in [0.5, 0.6) is 0 Å². The number of esters is 1. The molecule has 4 rings (SSSR count). The van der Waals surface area contributed by atoms with Crippen molar-refractivity contribution in [3.63, 3.8) is 0 Å². The average molecular weight is 386 g/mol. The molecule has 0 aliphatic carbocycles. The van der Waals surface area contributed by atoms with E-state index in [4.69, 9.17) is 10.5 Å². The van der Waals surface area contributed by atoms with Crippen LogP contribution in [-0.2, 0) is 11.2 Å². The molecule has 0 unspecified atom stereocenters. The number of fused-ring (bicyclic) bond motifs is 1. The average Bonchev–Trinajstić information content (AvgIpc) is 3.33. The molecule has 2 aromatic carbocycles. The first-order valence-corrected chi connectivity index (χ1v) is 9.01. The standard InChI is InChI=1S/C21H18N6O2/c1-3-13-4-6-15(7-5-13)27-24-17-9-8-16(10-18(17)25-27)26-12-14(11-22)19(23)20(26)21(28)29-2/h4-10,12H,3,23H2,1-2H3. The molecule has 0 fully saturated rings. The van der Waals surface area contributed by atoms with Gasteiger partial charge in [-0.05, 0) is 42.3 Å². The van der Waals surface area contributed by atoms with Crippen molar-refractivity contribution in [3.8, 4) is 17.4 Å². The van der Waals surface area contributed by atoms with Gasteiger partial charge >= 0.3 is 5.97 Å². The molecular formula is C21H18N6O2. The Labute approximate surface area is 166 Å². The van der Waals surface area contributed by atoms with Crippen molar-refractivity contribution in [1.82, 2.24) is 19.6 Å². The van der Waals surface area contributed by atoms with Crippen LogP contribution >= 0.6 is 0 Å². The van der Waals surface area contributed by atoms with E-state index in [1.807, 2.05) is 30.3 Å². The van der Waals surface area contributed by atoms with Gasteiger partial charge in [-0.15, -0.1) is 10.2 Å². The van der Waals surface area contributed by atoms with Crippen LogP contribution in [0.2, 0.25) is 0 Å². The molecule has 2 heterocycles. The van der Waals surface area contributed by atoms with Gasteiger partial charge in [0.1, 0.15) is 17.1 Å². The predicted molar refractivity (Wildman–Crippen MR) is 108 cm³/mol. The predicted octanol–water partition coefficient (Wildman–Crippen LogP) is 3.01. The van der Waals surface area contributed by atoms with E-state index in [0.29, 0.717) is 16.7 Å². The van der Waals surface area contributed by atoms with E-state index < -0.39 is 5.97 Å². The van der Waals surface area contributed by atoms with E-state index in [1.165, 1.54) is 23.4 Å². The van der Waals surface area contributed by atoms with Crippen molar-refractivity contribution in [2.75, 3.05) is 12.8 Å². The second-order valence-electron chi connectivity index (χ2n) is 6.46. The van der Waals surface area contributed by atoms with Crippen molar-refractivity contribution in [2.24, 2.45) is 0 Å². The van der Waals surface area contributed by atoms with Gasteiger partial charge in [-0.25, -0.2) is 4.79 Å². The third-order valence-electron chi connectivity index (χ3n) is 4.76. The first-order valence-electron chi connectivity index (χ1n) is 9.01. The number of nitrogens with two attached hydrogens (primary N) is 1. The molecule has 8 heteroatoms. The highest BCUT2D eigenvalue weighted by Crippen LogP contribution is 2.26. The number of aromatic nitrogens is 4. The van der Waals surface area contributed by atoms with Crippen LogP contribution in [0.4, 0.5) is 5.69 Å². The molecular weight excluding hydrogens is 368 g/mol. The van der Waals surface area contributed by atoms with Gasteiger partial charge in [0.2, 0.25) is 0 Å². The van der Waals surface area contributed by atoms with E-state index in [2.05, 4.69) is 17.1 Å². The van der Waals surface area contributed by atoms with Crippen LogP contribution in [0, 0.1) is 11.3 Å². The summed E-state index contributed by atoms with van der Waals surface area (Å²) in [5.41, 5.74) is 10.4. The monoisotopic (exact) mass is 386 g/mol. The summed E-state index contributed by atoms with van der Waals surface area (Å²) in [7, 11) is 1.27. The van der Waals surface area contributed by atoms with E-state index in [9.17, 15) is 10.1 Å². The van der Waals surface area contributed by atoms with Gasteiger partial charge in [-0.1, -0.05) is 19.1 Å². The summed E-state index contributed by atoms with van der Waals surface area (Å²) < 4.78 is 6.36. The van der Waals surface area contributed by atoms with Gasteiger partial charge in [0.25, 0.3) is 0 Å². The quantitative estimate of drug-likeness (QED) is 0.540. The number of anilines is 1. The number of rotatable bonds is 4. The Hall–Kier alpha value is -4.12. The summed E-state index contributed by atoms with van der Waals surface area (Å²) in [5, 5.41) is 18.3. The third-order valence-corrected chi connectivity index (χ3v) is 4.76. The number of ether oxygens (including phenoxy) is 1. The van der Waals surface area contributed by atoms with Crippen molar-refractivity contribution in [3.05, 3.63) is 65.5 Å². The molecule has 0 aliphatic heterocycles. The molecule has 4 aromatic rings. The van der Waals surface area contributed by atoms with Crippen LogP contribution < -0.4 is 5.73 Å². The molecule has 0 spiro atoms. The van der Waals surface area contributed by atoms with Crippen LogP contribution in [0.25, 0.3) is 22.4 Å². The Balaban J connectivity index is 1.81. The molecule has 0 bridgehead atoms. The topological polar surface area (TPSA) is 112 Å². The van der Waals surface area contributed by atoms with E-state index in [1.54, 1.807) is 23.0 Å². The van der Waals surface area contributed by atoms with Gasteiger partial charge in [0.15, 0.2) is 5.69 Å². The zero-order chi connectivity index (χ0) is 20.5. The molecule has 0 radical (unpaired) electrons. The van der Waals surface area contributed by atoms with Crippen molar-refractivity contribution in [2.45, 2.75) is 13.3 Å². The Bertz CT molecular complexity index is 1260. The van der Waals surface area contributed by atoms with Crippen LogP contribution in [0.1, 0.15) is 28.5 Å². The molecule has 8 nitrogen and oxygen atoms in total. The molecule has 0 saturated heterocycles. The molecule has 29 heavy (non-hydrogen) atoms. The number of nitrogens with zero attached hydrogens (tertiary/aromatic N) is 5. The number of carbonyl (C=O) groups excluding carboxylic acids is 1. The fourth-order valence-electron chi connectivity index (χ4n) is 3.15. The SMILES string of the molecule is CCc1ccc(-n2nc3ccc(-n4cc(C#N)c(N)c4C(=O)OC)cc3n2)cc1. The smallest absolute Gasteiger partial charge is 0.357 e. The Morgan fingerprint density at radius 1 is 1.14 bits per heavy atom. The largest absolute Gasteiger partial charge is 0.464 e. The lowest BCUT2D eigenvalue weighted by atomic mass is 10.2.